The van der Waals surface area contributed by atoms with Gasteiger partial charge in [-0.05, 0) is 76.2 Å². The van der Waals surface area contributed by atoms with Crippen LogP contribution in [0.4, 0.5) is 0 Å². The van der Waals surface area contributed by atoms with Crippen LogP contribution in [0.15, 0.2) is 24.3 Å². The first kappa shape index (κ1) is 26.9. The first-order valence-corrected chi connectivity index (χ1v) is 14.4. The van der Waals surface area contributed by atoms with E-state index in [9.17, 15) is 4.79 Å². The SMILES string of the molecule is CC(C)CC(N(C)C)C1(c2ccc(Cl)cc2)CCC1.O=C(O)CCCC[C@H]1CCSS1. The van der Waals surface area contributed by atoms with Crippen molar-refractivity contribution in [2.75, 3.05) is 19.8 Å². The van der Waals surface area contributed by atoms with Crippen molar-refractivity contribution in [1.29, 1.82) is 0 Å². The number of likely N-dealkylation sites (N-methyl/N-ethyl adjacent to an activating group) is 1. The molecule has 1 aliphatic heterocycles. The second-order valence-corrected chi connectivity index (χ2v) is 12.8. The third-order valence-corrected chi connectivity index (χ3v) is 9.77. The summed E-state index contributed by atoms with van der Waals surface area (Å²) in [6.45, 7) is 4.65. The van der Waals surface area contributed by atoms with E-state index in [0.29, 0.717) is 17.9 Å². The molecule has 0 radical (unpaired) electrons. The fourth-order valence-corrected chi connectivity index (χ4v) is 7.90. The van der Waals surface area contributed by atoms with Crippen LogP contribution in [0.2, 0.25) is 5.02 Å². The first-order valence-electron chi connectivity index (χ1n) is 11.7. The number of carbonyl (C=O) groups is 1. The third-order valence-electron chi connectivity index (χ3n) is 6.51. The van der Waals surface area contributed by atoms with Gasteiger partial charge in [0.25, 0.3) is 0 Å². The van der Waals surface area contributed by atoms with E-state index in [0.717, 1.165) is 29.0 Å². The summed E-state index contributed by atoms with van der Waals surface area (Å²) < 4.78 is 0. The molecule has 1 saturated carbocycles. The molecule has 6 heteroatoms. The highest BCUT2D eigenvalue weighted by Gasteiger charge is 2.46. The molecule has 3 nitrogen and oxygen atoms in total. The van der Waals surface area contributed by atoms with Crippen molar-refractivity contribution in [1.82, 2.24) is 4.90 Å². The fraction of sp³-hybridized carbons (Fsp3) is 0.720. The van der Waals surface area contributed by atoms with Gasteiger partial charge in [0, 0.05) is 33.9 Å². The van der Waals surface area contributed by atoms with Gasteiger partial charge in [0.2, 0.25) is 0 Å². The van der Waals surface area contributed by atoms with Crippen LogP contribution in [-0.4, -0.2) is 47.1 Å². The molecule has 3 rings (SSSR count). The van der Waals surface area contributed by atoms with Crippen LogP contribution < -0.4 is 0 Å². The summed E-state index contributed by atoms with van der Waals surface area (Å²) in [5.74, 6) is 1.34. The molecule has 0 amide bonds. The third kappa shape index (κ3) is 8.49. The number of halogens is 1. The van der Waals surface area contributed by atoms with Gasteiger partial charge in [-0.25, -0.2) is 0 Å². The van der Waals surface area contributed by atoms with Crippen LogP contribution >= 0.6 is 33.2 Å². The second kappa shape index (κ2) is 13.4. The number of rotatable bonds is 10. The Morgan fingerprint density at radius 2 is 1.90 bits per heavy atom. The van der Waals surface area contributed by atoms with Gasteiger partial charge in [0.15, 0.2) is 0 Å². The monoisotopic (exact) mass is 485 g/mol. The summed E-state index contributed by atoms with van der Waals surface area (Å²) in [6, 6.07) is 9.18. The van der Waals surface area contributed by atoms with Gasteiger partial charge in [0.05, 0.1) is 0 Å². The van der Waals surface area contributed by atoms with E-state index in [2.05, 4.69) is 45.0 Å². The van der Waals surface area contributed by atoms with Gasteiger partial charge in [0.1, 0.15) is 0 Å². The van der Waals surface area contributed by atoms with E-state index in [1.54, 1.807) is 0 Å². The molecule has 1 unspecified atom stereocenters. The lowest BCUT2D eigenvalue weighted by Gasteiger charge is -2.51. The molecule has 1 aromatic rings. The Bertz CT molecular complexity index is 656. The summed E-state index contributed by atoms with van der Waals surface area (Å²) >= 11 is 6.04. The Labute approximate surface area is 202 Å². The molecular weight excluding hydrogens is 446 g/mol. The molecule has 1 aliphatic carbocycles. The van der Waals surface area contributed by atoms with E-state index in [4.69, 9.17) is 16.7 Å². The quantitative estimate of drug-likeness (QED) is 0.274. The van der Waals surface area contributed by atoms with E-state index in [-0.39, 0.29) is 0 Å². The van der Waals surface area contributed by atoms with Crippen LogP contribution in [0.3, 0.4) is 0 Å². The van der Waals surface area contributed by atoms with Crippen molar-refractivity contribution >= 4 is 39.2 Å². The summed E-state index contributed by atoms with van der Waals surface area (Å²) in [5, 5.41) is 10.0. The zero-order valence-electron chi connectivity index (χ0n) is 19.6. The summed E-state index contributed by atoms with van der Waals surface area (Å²) in [6.07, 6.45) is 9.99. The maximum atomic E-state index is 10.2. The van der Waals surface area contributed by atoms with Gasteiger partial charge >= 0.3 is 5.97 Å². The minimum atomic E-state index is -0.663. The summed E-state index contributed by atoms with van der Waals surface area (Å²) in [7, 11) is 8.37. The average molecular weight is 486 g/mol. The summed E-state index contributed by atoms with van der Waals surface area (Å²) in [5.41, 5.74) is 1.82. The van der Waals surface area contributed by atoms with Crippen LogP contribution in [0.25, 0.3) is 0 Å². The summed E-state index contributed by atoms with van der Waals surface area (Å²) in [4.78, 5) is 12.6. The number of benzene rings is 1. The number of aliphatic carboxylic acids is 1. The highest BCUT2D eigenvalue weighted by atomic mass is 35.5. The Balaban J connectivity index is 0.000000245. The number of nitrogens with zero attached hydrogens (tertiary/aromatic N) is 1. The van der Waals surface area contributed by atoms with Gasteiger partial charge in [-0.2, -0.15) is 0 Å². The highest BCUT2D eigenvalue weighted by Crippen LogP contribution is 2.49. The Morgan fingerprint density at radius 1 is 1.23 bits per heavy atom. The minimum absolute atomic E-state index is 0.338. The lowest BCUT2D eigenvalue weighted by atomic mass is 9.58. The molecule has 1 saturated heterocycles. The standard InChI is InChI=1S/C17H26ClN.C8H14O2S2/c1-13(2)12-16(19(3)4)17(10-5-11-17)14-6-8-15(18)9-7-14;9-8(10)4-2-1-3-7-5-6-11-12-7/h6-9,13,16H,5,10-12H2,1-4H3;7H,1-6H2,(H,9,10)/t;7-/m.0/s1. The predicted molar refractivity (Wildman–Crippen MR) is 138 cm³/mol. The van der Waals surface area contributed by atoms with Crippen LogP contribution in [-0.2, 0) is 10.2 Å². The predicted octanol–water partition coefficient (Wildman–Crippen LogP) is 7.52. The van der Waals surface area contributed by atoms with Gasteiger partial charge in [-0.1, -0.05) is 72.0 Å². The Kier molecular flexibility index (Phi) is 11.6. The van der Waals surface area contributed by atoms with Crippen molar-refractivity contribution in [2.24, 2.45) is 5.92 Å². The van der Waals surface area contributed by atoms with Crippen LogP contribution in [0, 0.1) is 5.92 Å². The van der Waals surface area contributed by atoms with Gasteiger partial charge in [-0.15, -0.1) is 0 Å². The smallest absolute Gasteiger partial charge is 0.303 e. The molecule has 2 aliphatic rings. The number of carboxylic acid groups (broad SMARTS) is 1. The maximum Gasteiger partial charge on any atom is 0.303 e. The van der Waals surface area contributed by atoms with Gasteiger partial charge < -0.3 is 10.0 Å². The van der Waals surface area contributed by atoms with Crippen molar-refractivity contribution in [3.05, 3.63) is 34.9 Å². The van der Waals surface area contributed by atoms with Crippen molar-refractivity contribution < 1.29 is 9.90 Å². The lowest BCUT2D eigenvalue weighted by molar-refractivity contribution is -0.137. The molecule has 1 aromatic carbocycles. The van der Waals surface area contributed by atoms with Crippen LogP contribution in [0.5, 0.6) is 0 Å². The molecule has 2 fully saturated rings. The molecule has 1 heterocycles. The Morgan fingerprint density at radius 3 is 2.35 bits per heavy atom. The molecule has 2 atom stereocenters. The highest BCUT2D eigenvalue weighted by molar-refractivity contribution is 8.77. The normalized spacial score (nSPS) is 20.8. The second-order valence-electron chi connectivity index (χ2n) is 9.59. The fourth-order valence-electron chi connectivity index (χ4n) is 4.74. The molecule has 0 spiro atoms. The van der Waals surface area contributed by atoms with E-state index >= 15 is 0 Å². The zero-order chi connectivity index (χ0) is 22.9. The average Bonchev–Trinajstić information content (AvgIpc) is 3.18. The van der Waals surface area contributed by atoms with E-state index < -0.39 is 5.97 Å². The molecule has 0 aromatic heterocycles. The molecule has 176 valence electrons. The maximum absolute atomic E-state index is 10.2. The van der Waals surface area contributed by atoms with Crippen molar-refractivity contribution in [3.63, 3.8) is 0 Å². The largest absolute Gasteiger partial charge is 0.481 e. The minimum Gasteiger partial charge on any atom is -0.481 e. The molecule has 1 N–H and O–H groups in total. The molecule has 0 bridgehead atoms. The number of unbranched alkanes of at least 4 members (excludes halogenated alkanes) is 1. The first-order chi connectivity index (χ1) is 14.7. The van der Waals surface area contributed by atoms with Crippen molar-refractivity contribution in [3.8, 4) is 0 Å². The lowest BCUT2D eigenvalue weighted by Crippen LogP contribution is -2.52. The number of hydrogen-bond acceptors (Lipinski definition) is 4. The van der Waals surface area contributed by atoms with Crippen LogP contribution in [0.1, 0.15) is 77.2 Å². The topological polar surface area (TPSA) is 40.5 Å². The number of carboxylic acids is 1. The number of hydrogen-bond donors (Lipinski definition) is 1. The van der Waals surface area contributed by atoms with E-state index in [1.165, 1.54) is 49.8 Å². The van der Waals surface area contributed by atoms with E-state index in [1.807, 2.05) is 33.7 Å². The molecular formula is C25H40ClNO2S2. The van der Waals surface area contributed by atoms with Crippen molar-refractivity contribution in [2.45, 2.75) is 88.3 Å². The zero-order valence-corrected chi connectivity index (χ0v) is 22.0. The van der Waals surface area contributed by atoms with Gasteiger partial charge in [-0.3, -0.25) is 4.79 Å². The molecule has 31 heavy (non-hydrogen) atoms. The Hall–Kier alpha value is -0.360.